The summed E-state index contributed by atoms with van der Waals surface area (Å²) in [6.45, 7) is 1.83. The third kappa shape index (κ3) is 3.64. The summed E-state index contributed by atoms with van der Waals surface area (Å²) in [5, 5.41) is 5.58. The summed E-state index contributed by atoms with van der Waals surface area (Å²) in [4.78, 5) is 15.6. The van der Waals surface area contributed by atoms with Crippen LogP contribution in [-0.2, 0) is 21.3 Å². The van der Waals surface area contributed by atoms with Gasteiger partial charge in [-0.15, -0.1) is 0 Å². The average molecular weight is 310 g/mol. The van der Waals surface area contributed by atoms with Crippen molar-refractivity contribution in [2.45, 2.75) is 18.5 Å². The van der Waals surface area contributed by atoms with Crippen LogP contribution in [0.1, 0.15) is 22.8 Å². The standard InChI is InChI=1S/C12H14N4O4S/c1-2-20-12(17)10-8-14-16-11(10)21(18,19)15-7-9-4-3-5-13-6-9/h3-6,8,15H,2,7H2,1H3,(H,14,16). The molecule has 9 heteroatoms. The molecule has 2 heterocycles. The lowest BCUT2D eigenvalue weighted by molar-refractivity contribution is 0.0522. The normalized spacial score (nSPS) is 11.3. The number of ether oxygens (including phenoxy) is 1. The quantitative estimate of drug-likeness (QED) is 0.749. The largest absolute Gasteiger partial charge is 0.462 e. The predicted molar refractivity (Wildman–Crippen MR) is 72.8 cm³/mol. The number of H-pyrrole nitrogens is 1. The van der Waals surface area contributed by atoms with Crippen LogP contribution in [0.4, 0.5) is 0 Å². The third-order valence-electron chi connectivity index (χ3n) is 2.56. The second kappa shape index (κ2) is 6.46. The fourth-order valence-electron chi connectivity index (χ4n) is 1.59. The number of nitrogens with one attached hydrogen (secondary N) is 2. The first-order valence-electron chi connectivity index (χ1n) is 6.13. The van der Waals surface area contributed by atoms with Crippen LogP contribution >= 0.6 is 0 Å². The molecule has 0 radical (unpaired) electrons. The molecule has 0 aliphatic carbocycles. The van der Waals surface area contributed by atoms with Gasteiger partial charge in [0.1, 0.15) is 5.56 Å². The fraction of sp³-hybridized carbons (Fsp3) is 0.250. The number of esters is 1. The Kier molecular flexibility index (Phi) is 4.66. The first-order valence-corrected chi connectivity index (χ1v) is 7.62. The number of sulfonamides is 1. The number of carbonyl (C=O) groups excluding carboxylic acids is 1. The Morgan fingerprint density at radius 2 is 2.24 bits per heavy atom. The van der Waals surface area contributed by atoms with Crippen LogP contribution < -0.4 is 4.72 Å². The van der Waals surface area contributed by atoms with Crippen molar-refractivity contribution in [2.75, 3.05) is 6.61 Å². The van der Waals surface area contributed by atoms with Gasteiger partial charge < -0.3 is 4.74 Å². The van der Waals surface area contributed by atoms with Crippen molar-refractivity contribution in [1.29, 1.82) is 0 Å². The van der Waals surface area contributed by atoms with Crippen LogP contribution in [-0.4, -0.2) is 36.2 Å². The number of pyridine rings is 1. The molecular formula is C12H14N4O4S. The zero-order valence-electron chi connectivity index (χ0n) is 11.2. The van der Waals surface area contributed by atoms with E-state index in [0.29, 0.717) is 5.56 Å². The van der Waals surface area contributed by atoms with E-state index >= 15 is 0 Å². The van der Waals surface area contributed by atoms with Crippen molar-refractivity contribution in [3.63, 3.8) is 0 Å². The van der Waals surface area contributed by atoms with E-state index in [9.17, 15) is 13.2 Å². The Balaban J connectivity index is 2.17. The molecule has 2 N–H and O–H groups in total. The summed E-state index contributed by atoms with van der Waals surface area (Å²) in [6, 6.07) is 3.43. The van der Waals surface area contributed by atoms with Gasteiger partial charge in [-0.2, -0.15) is 5.10 Å². The molecular weight excluding hydrogens is 296 g/mol. The molecule has 0 spiro atoms. The molecule has 0 amide bonds. The second-order valence-corrected chi connectivity index (χ2v) is 5.72. The van der Waals surface area contributed by atoms with E-state index in [4.69, 9.17) is 4.74 Å². The Morgan fingerprint density at radius 3 is 2.90 bits per heavy atom. The SMILES string of the molecule is CCOC(=O)c1cn[nH]c1S(=O)(=O)NCc1cccnc1. The van der Waals surface area contributed by atoms with Crippen molar-refractivity contribution in [2.24, 2.45) is 0 Å². The second-order valence-electron chi connectivity index (χ2n) is 4.02. The van der Waals surface area contributed by atoms with E-state index in [1.54, 1.807) is 31.5 Å². The Bertz CT molecular complexity index is 712. The number of hydrogen-bond acceptors (Lipinski definition) is 6. The maximum atomic E-state index is 12.2. The van der Waals surface area contributed by atoms with Crippen molar-refractivity contribution in [3.8, 4) is 0 Å². The van der Waals surface area contributed by atoms with Crippen molar-refractivity contribution >= 4 is 16.0 Å². The smallest absolute Gasteiger partial charge is 0.342 e. The molecule has 0 fully saturated rings. The zero-order chi connectivity index (χ0) is 15.3. The van der Waals surface area contributed by atoms with Gasteiger partial charge in [0.2, 0.25) is 0 Å². The highest BCUT2D eigenvalue weighted by molar-refractivity contribution is 7.89. The first-order chi connectivity index (χ1) is 10.0. The van der Waals surface area contributed by atoms with E-state index < -0.39 is 16.0 Å². The van der Waals surface area contributed by atoms with Gasteiger partial charge in [0.15, 0.2) is 5.03 Å². The number of carbonyl (C=O) groups is 1. The molecule has 2 rings (SSSR count). The van der Waals surface area contributed by atoms with Gasteiger partial charge in [-0.3, -0.25) is 10.1 Å². The Hall–Kier alpha value is -2.26. The van der Waals surface area contributed by atoms with E-state index in [1.807, 2.05) is 0 Å². The van der Waals surface area contributed by atoms with Crippen LogP contribution in [0.5, 0.6) is 0 Å². The topological polar surface area (TPSA) is 114 Å². The average Bonchev–Trinajstić information content (AvgIpc) is 2.97. The van der Waals surface area contributed by atoms with Gasteiger partial charge in [0.25, 0.3) is 10.0 Å². The number of hydrogen-bond donors (Lipinski definition) is 2. The maximum absolute atomic E-state index is 12.2. The van der Waals surface area contributed by atoms with Crippen LogP contribution in [0.3, 0.4) is 0 Å². The predicted octanol–water partition coefficient (Wildman–Crippen LogP) is 0.460. The highest BCUT2D eigenvalue weighted by atomic mass is 32.2. The molecule has 21 heavy (non-hydrogen) atoms. The van der Waals surface area contributed by atoms with Crippen molar-refractivity contribution < 1.29 is 17.9 Å². The molecule has 0 saturated heterocycles. The van der Waals surface area contributed by atoms with Crippen LogP contribution in [0.2, 0.25) is 0 Å². The molecule has 0 bridgehead atoms. The summed E-state index contributed by atoms with van der Waals surface area (Å²) in [6.07, 6.45) is 4.25. The number of aromatic nitrogens is 3. The maximum Gasteiger partial charge on any atom is 0.342 e. The molecule has 2 aromatic heterocycles. The molecule has 0 aromatic carbocycles. The van der Waals surface area contributed by atoms with Gasteiger partial charge in [0, 0.05) is 18.9 Å². The molecule has 0 saturated carbocycles. The molecule has 0 aliphatic rings. The van der Waals surface area contributed by atoms with Crippen LogP contribution in [0, 0.1) is 0 Å². The minimum absolute atomic E-state index is 0.0530. The van der Waals surface area contributed by atoms with Gasteiger partial charge in [-0.05, 0) is 18.6 Å². The molecule has 112 valence electrons. The van der Waals surface area contributed by atoms with Gasteiger partial charge >= 0.3 is 5.97 Å². The van der Waals surface area contributed by atoms with E-state index in [-0.39, 0.29) is 23.7 Å². The van der Waals surface area contributed by atoms with E-state index in [0.717, 1.165) is 6.20 Å². The minimum Gasteiger partial charge on any atom is -0.462 e. The van der Waals surface area contributed by atoms with Crippen LogP contribution in [0.15, 0.2) is 35.7 Å². The lowest BCUT2D eigenvalue weighted by Gasteiger charge is -2.06. The molecule has 8 nitrogen and oxygen atoms in total. The summed E-state index contributed by atoms with van der Waals surface area (Å²) in [5.41, 5.74) is 0.564. The fourth-order valence-corrected chi connectivity index (χ4v) is 2.69. The molecule has 0 atom stereocenters. The van der Waals surface area contributed by atoms with Crippen LogP contribution in [0.25, 0.3) is 0 Å². The number of nitrogens with zero attached hydrogens (tertiary/aromatic N) is 2. The third-order valence-corrected chi connectivity index (χ3v) is 3.93. The Morgan fingerprint density at radius 1 is 1.43 bits per heavy atom. The lowest BCUT2D eigenvalue weighted by atomic mass is 10.3. The molecule has 0 unspecified atom stereocenters. The molecule has 2 aromatic rings. The van der Waals surface area contributed by atoms with Gasteiger partial charge in [-0.1, -0.05) is 6.07 Å². The number of aromatic amines is 1. The Labute approximate surface area is 121 Å². The highest BCUT2D eigenvalue weighted by Gasteiger charge is 2.25. The van der Waals surface area contributed by atoms with E-state index in [2.05, 4.69) is 19.9 Å². The van der Waals surface area contributed by atoms with Gasteiger partial charge in [-0.25, -0.2) is 17.9 Å². The summed E-state index contributed by atoms with van der Waals surface area (Å²) in [7, 11) is -3.91. The summed E-state index contributed by atoms with van der Waals surface area (Å²) < 4.78 is 31.5. The van der Waals surface area contributed by atoms with Crippen molar-refractivity contribution in [1.82, 2.24) is 19.9 Å². The first kappa shape index (κ1) is 15.1. The minimum atomic E-state index is -3.91. The molecule has 0 aliphatic heterocycles. The van der Waals surface area contributed by atoms with Gasteiger partial charge in [0.05, 0.1) is 12.8 Å². The highest BCUT2D eigenvalue weighted by Crippen LogP contribution is 2.13. The van der Waals surface area contributed by atoms with Crippen molar-refractivity contribution in [3.05, 3.63) is 41.9 Å². The monoisotopic (exact) mass is 310 g/mol. The zero-order valence-corrected chi connectivity index (χ0v) is 12.1. The summed E-state index contributed by atoms with van der Waals surface area (Å²) >= 11 is 0. The lowest BCUT2D eigenvalue weighted by Crippen LogP contribution is -2.25. The van der Waals surface area contributed by atoms with E-state index in [1.165, 1.54) is 0 Å². The number of rotatable bonds is 6. The summed E-state index contributed by atoms with van der Waals surface area (Å²) in [5.74, 6) is -0.743.